The summed E-state index contributed by atoms with van der Waals surface area (Å²) < 4.78 is 22.1. The lowest BCUT2D eigenvalue weighted by molar-refractivity contribution is -0.0383. The molecule has 11 heteroatoms. The molecule has 0 aromatic carbocycles. The van der Waals surface area contributed by atoms with E-state index in [1.807, 2.05) is 4.57 Å². The fraction of sp³-hybridized carbons (Fsp3) is 0.720. The molecule has 0 saturated carbocycles. The molecule has 3 N–H and O–H groups in total. The third-order valence-electron chi connectivity index (χ3n) is 8.01. The van der Waals surface area contributed by atoms with E-state index in [0.29, 0.717) is 36.6 Å². The largest absolute Gasteiger partial charge is 0.414 e. The summed E-state index contributed by atoms with van der Waals surface area (Å²) in [4.78, 5) is 13.4. The minimum Gasteiger partial charge on any atom is -0.414 e. The van der Waals surface area contributed by atoms with Gasteiger partial charge in [0.1, 0.15) is 12.3 Å². The van der Waals surface area contributed by atoms with Gasteiger partial charge in [0, 0.05) is 13.0 Å². The van der Waals surface area contributed by atoms with Gasteiger partial charge in [-0.05, 0) is 36.3 Å². The van der Waals surface area contributed by atoms with Gasteiger partial charge in [-0.15, -0.1) is 6.58 Å². The van der Waals surface area contributed by atoms with Crippen molar-refractivity contribution in [3.8, 4) is 0 Å². The van der Waals surface area contributed by atoms with Crippen molar-refractivity contribution < 1.29 is 13.6 Å². The van der Waals surface area contributed by atoms with Crippen molar-refractivity contribution in [1.82, 2.24) is 19.5 Å². The highest BCUT2D eigenvalue weighted by atomic mass is 28.4. The molecule has 2 aromatic heterocycles. The van der Waals surface area contributed by atoms with Gasteiger partial charge in [0.15, 0.2) is 33.6 Å². The number of nitrogens with zero attached hydrogens (tertiary/aromatic N) is 4. The average molecular weight is 535 g/mol. The highest BCUT2D eigenvalue weighted by Gasteiger charge is 2.46. The van der Waals surface area contributed by atoms with Gasteiger partial charge in [-0.1, -0.05) is 47.6 Å². The highest BCUT2D eigenvalue weighted by Crippen LogP contribution is 2.43. The summed E-state index contributed by atoms with van der Waals surface area (Å²) in [7, 11) is -3.99. The maximum absolute atomic E-state index is 6.90. The number of hydrogen-bond acceptors (Lipinski definition) is 8. The number of ether oxygens (including phenoxy) is 1. The fourth-order valence-corrected chi connectivity index (χ4v) is 6.02. The maximum Gasteiger partial charge on any atom is 0.224 e. The Balaban J connectivity index is 1.92. The third-order valence-corrected chi connectivity index (χ3v) is 17.0. The molecule has 0 amide bonds. The monoisotopic (exact) mass is 534 g/mol. The van der Waals surface area contributed by atoms with E-state index in [1.54, 1.807) is 12.4 Å². The van der Waals surface area contributed by atoms with E-state index in [4.69, 9.17) is 19.3 Å². The quantitative estimate of drug-likeness (QED) is 0.311. The number of nitrogen functional groups attached to an aromatic ring is 1. The van der Waals surface area contributed by atoms with E-state index in [0.717, 1.165) is 0 Å². The summed E-state index contributed by atoms with van der Waals surface area (Å²) in [6.07, 6.45) is 3.63. The summed E-state index contributed by atoms with van der Waals surface area (Å²) in [5.74, 6) is 0.765. The fourth-order valence-electron chi connectivity index (χ4n) is 3.64. The van der Waals surface area contributed by atoms with Gasteiger partial charge in [0.25, 0.3) is 0 Å². The van der Waals surface area contributed by atoms with Crippen molar-refractivity contribution in [2.75, 3.05) is 24.2 Å². The maximum atomic E-state index is 6.90. The Morgan fingerprint density at radius 1 is 1.14 bits per heavy atom. The minimum absolute atomic E-state index is 0.0874. The molecule has 2 aromatic rings. The molecule has 36 heavy (non-hydrogen) atoms. The minimum atomic E-state index is -2.04. The molecule has 1 aliphatic rings. The Bertz CT molecular complexity index is 1070. The van der Waals surface area contributed by atoms with Gasteiger partial charge in [-0.25, -0.2) is 4.98 Å². The molecular formula is C25H46N6O3Si2. The molecule has 0 bridgehead atoms. The first-order chi connectivity index (χ1) is 16.5. The zero-order chi connectivity index (χ0) is 27.1. The smallest absolute Gasteiger partial charge is 0.224 e. The predicted molar refractivity (Wildman–Crippen MR) is 152 cm³/mol. The van der Waals surface area contributed by atoms with Crippen LogP contribution in [-0.2, 0) is 13.6 Å². The molecule has 202 valence electrons. The van der Waals surface area contributed by atoms with Crippen molar-refractivity contribution in [2.45, 2.75) is 103 Å². The van der Waals surface area contributed by atoms with Crippen LogP contribution in [0, 0.1) is 0 Å². The summed E-state index contributed by atoms with van der Waals surface area (Å²) in [6.45, 7) is 27.4. The van der Waals surface area contributed by atoms with Gasteiger partial charge < -0.3 is 24.6 Å². The Morgan fingerprint density at radius 2 is 1.78 bits per heavy atom. The molecule has 1 fully saturated rings. The number of imidazole rings is 1. The number of fused-ring (bicyclic) bond motifs is 1. The van der Waals surface area contributed by atoms with E-state index < -0.39 is 16.6 Å². The van der Waals surface area contributed by atoms with Gasteiger partial charge in [0.2, 0.25) is 5.95 Å². The Kier molecular flexibility index (Phi) is 8.12. The number of rotatable bonds is 9. The lowest BCUT2D eigenvalue weighted by Crippen LogP contribution is -2.48. The highest BCUT2D eigenvalue weighted by molar-refractivity contribution is 6.74. The van der Waals surface area contributed by atoms with Crippen LogP contribution in [-0.4, -0.2) is 61.5 Å². The molecular weight excluding hydrogens is 488 g/mol. The molecule has 3 rings (SSSR count). The molecule has 0 unspecified atom stereocenters. The number of nitrogens with two attached hydrogens (primary N) is 1. The number of hydrogen-bond donors (Lipinski definition) is 2. The van der Waals surface area contributed by atoms with Crippen LogP contribution < -0.4 is 11.1 Å². The summed E-state index contributed by atoms with van der Waals surface area (Å²) in [5.41, 5.74) is 7.33. The van der Waals surface area contributed by atoms with E-state index in [1.165, 1.54) is 0 Å². The number of anilines is 2. The van der Waals surface area contributed by atoms with Crippen LogP contribution in [0.15, 0.2) is 19.0 Å². The van der Waals surface area contributed by atoms with Crippen molar-refractivity contribution in [3.63, 3.8) is 0 Å². The summed E-state index contributed by atoms with van der Waals surface area (Å²) in [6, 6.07) is 0. The summed E-state index contributed by atoms with van der Waals surface area (Å²) >= 11 is 0. The third kappa shape index (κ3) is 6.01. The number of nitrogens with one attached hydrogen (secondary N) is 1. The van der Waals surface area contributed by atoms with Gasteiger partial charge in [-0.3, -0.25) is 4.57 Å². The van der Waals surface area contributed by atoms with Crippen LogP contribution in [0.25, 0.3) is 11.2 Å². The molecule has 0 radical (unpaired) electrons. The zero-order valence-electron chi connectivity index (χ0n) is 23.8. The topological polar surface area (TPSA) is 109 Å². The van der Waals surface area contributed by atoms with E-state index in [2.05, 4.69) is 94.6 Å². The molecule has 9 nitrogen and oxygen atoms in total. The first kappa shape index (κ1) is 28.8. The Labute approximate surface area is 218 Å². The molecule has 1 aliphatic heterocycles. The van der Waals surface area contributed by atoms with Gasteiger partial charge in [0.05, 0.1) is 19.0 Å². The van der Waals surface area contributed by atoms with Crippen LogP contribution in [0.5, 0.6) is 0 Å². The van der Waals surface area contributed by atoms with Crippen molar-refractivity contribution >= 4 is 39.6 Å². The molecule has 0 aliphatic carbocycles. The van der Waals surface area contributed by atoms with Crippen LogP contribution in [0.4, 0.5) is 11.8 Å². The second-order valence-electron chi connectivity index (χ2n) is 12.8. The van der Waals surface area contributed by atoms with Crippen LogP contribution in [0.1, 0.15) is 54.2 Å². The molecule has 1 saturated heterocycles. The normalized spacial score (nSPS) is 21.8. The van der Waals surface area contributed by atoms with E-state index in [9.17, 15) is 0 Å². The predicted octanol–water partition coefficient (Wildman–Crippen LogP) is 5.71. The standard InChI is InChI=1S/C25H46N6O3Si2/c1-12-13-27-21-20-22(30-23(26)29-21)31(16-28-20)19-14-17(34-36(10,11)25(5,6)7)18(33-19)15-32-35(8,9)24(2,3)4/h12,16-19H,1,13-15H2,2-11H3,(H3,26,27,29,30)/t17-,18+,19+/m0/s1. The first-order valence-corrected chi connectivity index (χ1v) is 18.6. The van der Waals surface area contributed by atoms with Crippen molar-refractivity contribution in [2.24, 2.45) is 0 Å². The SMILES string of the molecule is C=CCNc1nc(N)nc2c1ncn2[C@H]1C[C@H](O[Si](C)(C)C(C)(C)C)[C@@H](CO[Si](C)(C)C(C)(C)C)O1. The number of aromatic nitrogens is 4. The van der Waals surface area contributed by atoms with Crippen molar-refractivity contribution in [3.05, 3.63) is 19.0 Å². The second-order valence-corrected chi connectivity index (χ2v) is 22.3. The zero-order valence-corrected chi connectivity index (χ0v) is 25.8. The van der Waals surface area contributed by atoms with E-state index >= 15 is 0 Å². The molecule has 3 atom stereocenters. The van der Waals surface area contributed by atoms with E-state index in [-0.39, 0.29) is 34.5 Å². The molecule has 3 heterocycles. The average Bonchev–Trinajstić information content (AvgIpc) is 3.32. The molecule has 0 spiro atoms. The first-order valence-electron chi connectivity index (χ1n) is 12.8. The van der Waals surface area contributed by atoms with Crippen molar-refractivity contribution in [1.29, 1.82) is 0 Å². The Hall–Kier alpha value is -1.80. The van der Waals surface area contributed by atoms with Gasteiger partial charge >= 0.3 is 0 Å². The summed E-state index contributed by atoms with van der Waals surface area (Å²) in [5, 5.41) is 3.40. The van der Waals surface area contributed by atoms with Crippen LogP contribution in [0.3, 0.4) is 0 Å². The lowest BCUT2D eigenvalue weighted by atomic mass is 10.2. The Morgan fingerprint density at radius 3 is 2.36 bits per heavy atom. The van der Waals surface area contributed by atoms with Gasteiger partial charge in [-0.2, -0.15) is 9.97 Å². The van der Waals surface area contributed by atoms with Crippen LogP contribution >= 0.6 is 0 Å². The lowest BCUT2D eigenvalue weighted by Gasteiger charge is -2.40. The second kappa shape index (κ2) is 10.2. The van der Waals surface area contributed by atoms with Crippen LogP contribution in [0.2, 0.25) is 36.3 Å².